The number of halogens is 1. The van der Waals surface area contributed by atoms with Crippen molar-refractivity contribution in [2.45, 2.75) is 26.3 Å². The van der Waals surface area contributed by atoms with Crippen molar-refractivity contribution in [3.63, 3.8) is 0 Å². The Bertz CT molecular complexity index is 412. The molecule has 16 heavy (non-hydrogen) atoms. The molecule has 0 aliphatic rings. The highest BCUT2D eigenvalue weighted by atomic mass is 35.5. The minimum Gasteiger partial charge on any atom is -0.333 e. The summed E-state index contributed by atoms with van der Waals surface area (Å²) in [6.07, 6.45) is 0.302. The van der Waals surface area contributed by atoms with E-state index in [4.69, 9.17) is 16.9 Å². The lowest BCUT2D eigenvalue weighted by atomic mass is 10.3. The highest BCUT2D eigenvalue weighted by molar-refractivity contribution is 7.17. The topological polar surface area (TPSA) is 69.9 Å². The van der Waals surface area contributed by atoms with Gasteiger partial charge in [-0.1, -0.05) is 11.3 Å². The zero-order valence-corrected chi connectivity index (χ0v) is 10.5. The third kappa shape index (κ3) is 3.15. The van der Waals surface area contributed by atoms with Crippen molar-refractivity contribution in [1.82, 2.24) is 15.1 Å². The molecule has 0 aliphatic carbocycles. The molecule has 1 heterocycles. The number of aromatic nitrogens is 2. The van der Waals surface area contributed by atoms with Crippen molar-refractivity contribution in [2.24, 2.45) is 0 Å². The fraction of sp³-hybridized carbons (Fsp3) is 0.556. The van der Waals surface area contributed by atoms with E-state index in [1.807, 2.05) is 19.9 Å². The van der Waals surface area contributed by atoms with E-state index in [9.17, 15) is 4.79 Å². The van der Waals surface area contributed by atoms with Gasteiger partial charge in [-0.3, -0.25) is 4.79 Å². The average molecular weight is 259 g/mol. The van der Waals surface area contributed by atoms with Crippen LogP contribution in [0.3, 0.4) is 0 Å². The number of nitriles is 1. The molecule has 0 aliphatic heterocycles. The second-order valence-electron chi connectivity index (χ2n) is 3.36. The SMILES string of the molecule is CC(C)N(CCC#N)C(=O)c1nnc(Cl)s1. The van der Waals surface area contributed by atoms with Gasteiger partial charge in [0.2, 0.25) is 9.47 Å². The van der Waals surface area contributed by atoms with Gasteiger partial charge in [0.15, 0.2) is 0 Å². The summed E-state index contributed by atoms with van der Waals surface area (Å²) in [4.78, 5) is 13.6. The Hall–Kier alpha value is -1.19. The Kier molecular flexibility index (Phi) is 4.65. The largest absolute Gasteiger partial charge is 0.333 e. The summed E-state index contributed by atoms with van der Waals surface area (Å²) in [5.74, 6) is -0.227. The minimum absolute atomic E-state index is 0.0172. The van der Waals surface area contributed by atoms with Crippen molar-refractivity contribution in [2.75, 3.05) is 6.54 Å². The van der Waals surface area contributed by atoms with E-state index in [0.717, 1.165) is 11.3 Å². The first kappa shape index (κ1) is 12.9. The first-order valence-corrected chi connectivity index (χ1v) is 5.92. The molecule has 5 nitrogen and oxygen atoms in total. The van der Waals surface area contributed by atoms with Gasteiger partial charge < -0.3 is 4.90 Å². The summed E-state index contributed by atoms with van der Waals surface area (Å²) in [6.45, 7) is 4.17. The molecule has 1 amide bonds. The molecule has 0 spiro atoms. The molecule has 0 aromatic carbocycles. The Morgan fingerprint density at radius 1 is 1.62 bits per heavy atom. The van der Waals surface area contributed by atoms with E-state index >= 15 is 0 Å². The third-order valence-electron chi connectivity index (χ3n) is 1.93. The predicted octanol–water partition coefficient (Wildman–Crippen LogP) is 1.96. The van der Waals surface area contributed by atoms with Crippen LogP contribution < -0.4 is 0 Å². The number of carbonyl (C=O) groups excluding carboxylic acids is 1. The lowest BCUT2D eigenvalue weighted by Gasteiger charge is -2.24. The van der Waals surface area contributed by atoms with Crippen LogP contribution in [0.1, 0.15) is 30.1 Å². The normalized spacial score (nSPS) is 10.2. The Balaban J connectivity index is 2.79. The van der Waals surface area contributed by atoms with Crippen molar-refractivity contribution >= 4 is 28.8 Å². The third-order valence-corrected chi connectivity index (χ3v) is 2.94. The molecule has 1 aromatic heterocycles. The number of nitrogens with zero attached hydrogens (tertiary/aromatic N) is 4. The number of amides is 1. The van der Waals surface area contributed by atoms with Crippen LogP contribution in [0.15, 0.2) is 0 Å². The maximum absolute atomic E-state index is 12.0. The first-order valence-electron chi connectivity index (χ1n) is 4.73. The Morgan fingerprint density at radius 3 is 2.75 bits per heavy atom. The van der Waals surface area contributed by atoms with Crippen LogP contribution in [0.25, 0.3) is 0 Å². The molecule has 1 rings (SSSR count). The maximum atomic E-state index is 12.0. The number of hydrogen-bond donors (Lipinski definition) is 0. The molecule has 0 bridgehead atoms. The zero-order valence-electron chi connectivity index (χ0n) is 8.97. The molecule has 0 saturated heterocycles. The Morgan fingerprint density at radius 2 is 2.31 bits per heavy atom. The highest BCUT2D eigenvalue weighted by Gasteiger charge is 2.21. The monoisotopic (exact) mass is 258 g/mol. The van der Waals surface area contributed by atoms with Gasteiger partial charge in [0.1, 0.15) is 0 Å². The van der Waals surface area contributed by atoms with Gasteiger partial charge in [-0.25, -0.2) is 0 Å². The standard InChI is InChI=1S/C9H11ClN4OS/c1-6(2)14(5-3-4-11)8(15)7-12-13-9(10)16-7/h6H,3,5H2,1-2H3. The molecule has 86 valence electrons. The van der Waals surface area contributed by atoms with Gasteiger partial charge in [0.25, 0.3) is 5.91 Å². The van der Waals surface area contributed by atoms with Gasteiger partial charge in [0.05, 0.1) is 12.5 Å². The summed E-state index contributed by atoms with van der Waals surface area (Å²) in [6, 6.07) is 2.03. The quantitative estimate of drug-likeness (QED) is 0.828. The molecule has 0 radical (unpaired) electrons. The van der Waals surface area contributed by atoms with E-state index in [0.29, 0.717) is 13.0 Å². The summed E-state index contributed by atoms with van der Waals surface area (Å²) >= 11 is 6.66. The van der Waals surface area contributed by atoms with Crippen molar-refractivity contribution < 1.29 is 4.79 Å². The second kappa shape index (κ2) is 5.77. The van der Waals surface area contributed by atoms with E-state index in [1.165, 1.54) is 0 Å². The minimum atomic E-state index is -0.227. The van der Waals surface area contributed by atoms with Crippen LogP contribution in [0.5, 0.6) is 0 Å². The van der Waals surface area contributed by atoms with Gasteiger partial charge >= 0.3 is 0 Å². The summed E-state index contributed by atoms with van der Waals surface area (Å²) in [5, 5.41) is 16.1. The smallest absolute Gasteiger partial charge is 0.285 e. The second-order valence-corrected chi connectivity index (χ2v) is 4.92. The fourth-order valence-corrected chi connectivity index (χ4v) is 1.96. The Labute approximate surface area is 103 Å². The first-order chi connectivity index (χ1) is 7.56. The molecule has 0 unspecified atom stereocenters. The highest BCUT2D eigenvalue weighted by Crippen LogP contribution is 2.17. The molecule has 0 atom stereocenters. The lowest BCUT2D eigenvalue weighted by Crippen LogP contribution is -2.37. The van der Waals surface area contributed by atoms with Crippen molar-refractivity contribution in [3.8, 4) is 6.07 Å². The van der Waals surface area contributed by atoms with Gasteiger partial charge in [-0.2, -0.15) is 5.26 Å². The summed E-state index contributed by atoms with van der Waals surface area (Å²) in [7, 11) is 0. The molecule has 0 saturated carbocycles. The van der Waals surface area contributed by atoms with Crippen LogP contribution >= 0.6 is 22.9 Å². The van der Waals surface area contributed by atoms with Gasteiger partial charge in [-0.15, -0.1) is 10.2 Å². The van der Waals surface area contributed by atoms with Gasteiger partial charge in [-0.05, 0) is 25.4 Å². The zero-order chi connectivity index (χ0) is 12.1. The number of hydrogen-bond acceptors (Lipinski definition) is 5. The molecular weight excluding hydrogens is 248 g/mol. The molecule has 7 heteroatoms. The average Bonchev–Trinajstić information content (AvgIpc) is 2.64. The van der Waals surface area contributed by atoms with Crippen LogP contribution in [-0.4, -0.2) is 33.6 Å². The maximum Gasteiger partial charge on any atom is 0.285 e. The fourth-order valence-electron chi connectivity index (χ4n) is 1.18. The molecular formula is C9H11ClN4OS. The summed E-state index contributed by atoms with van der Waals surface area (Å²) < 4.78 is 0.243. The van der Waals surface area contributed by atoms with Crippen LogP contribution in [0.4, 0.5) is 0 Å². The number of carbonyl (C=O) groups is 1. The summed E-state index contributed by atoms with van der Waals surface area (Å²) in [5.41, 5.74) is 0. The van der Waals surface area contributed by atoms with E-state index in [-0.39, 0.29) is 21.4 Å². The lowest BCUT2D eigenvalue weighted by molar-refractivity contribution is 0.0709. The van der Waals surface area contributed by atoms with Crippen molar-refractivity contribution in [1.29, 1.82) is 5.26 Å². The van der Waals surface area contributed by atoms with E-state index in [2.05, 4.69) is 10.2 Å². The predicted molar refractivity (Wildman–Crippen MR) is 61.3 cm³/mol. The van der Waals surface area contributed by atoms with Crippen LogP contribution in [-0.2, 0) is 0 Å². The number of rotatable bonds is 4. The van der Waals surface area contributed by atoms with Crippen molar-refractivity contribution in [3.05, 3.63) is 9.47 Å². The molecule has 1 aromatic rings. The molecule has 0 N–H and O–H groups in total. The van der Waals surface area contributed by atoms with Gasteiger partial charge in [0, 0.05) is 12.6 Å². The molecule has 0 fully saturated rings. The van der Waals surface area contributed by atoms with E-state index < -0.39 is 0 Å². The van der Waals surface area contributed by atoms with Crippen LogP contribution in [0, 0.1) is 11.3 Å². The van der Waals surface area contributed by atoms with Crippen LogP contribution in [0.2, 0.25) is 4.47 Å². The van der Waals surface area contributed by atoms with E-state index in [1.54, 1.807) is 4.90 Å².